The van der Waals surface area contributed by atoms with Gasteiger partial charge < -0.3 is 4.74 Å². The summed E-state index contributed by atoms with van der Waals surface area (Å²) >= 11 is 0. The summed E-state index contributed by atoms with van der Waals surface area (Å²) in [6.07, 6.45) is -2.46. The quantitative estimate of drug-likeness (QED) is 0.476. The van der Waals surface area contributed by atoms with Crippen LogP contribution in [0, 0.1) is 5.82 Å². The molecule has 1 unspecified atom stereocenters. The lowest BCUT2D eigenvalue weighted by Crippen LogP contribution is -2.29. The van der Waals surface area contributed by atoms with Gasteiger partial charge in [0.2, 0.25) is 0 Å². The van der Waals surface area contributed by atoms with E-state index >= 15 is 0 Å². The van der Waals surface area contributed by atoms with Crippen molar-refractivity contribution in [2.45, 2.75) is 11.9 Å². The van der Waals surface area contributed by atoms with Crippen molar-refractivity contribution in [1.29, 1.82) is 0 Å². The molecule has 0 heterocycles. The second kappa shape index (κ2) is 5.70. The maximum absolute atomic E-state index is 13.0. The third-order valence-electron chi connectivity index (χ3n) is 1.72. The first-order valence-corrected chi connectivity index (χ1v) is 6.04. The summed E-state index contributed by atoms with van der Waals surface area (Å²) in [4.78, 5) is 0. The van der Waals surface area contributed by atoms with Gasteiger partial charge >= 0.3 is 15.6 Å². The Labute approximate surface area is 104 Å². The predicted molar refractivity (Wildman–Crippen MR) is 52.9 cm³/mol. The SMILES string of the molecule is O=S(=O)(OCC(F)Oc1ccc(F)cc1)C(F)(F)F. The molecule has 108 valence electrons. The Balaban J connectivity index is 2.53. The minimum atomic E-state index is -5.87. The topological polar surface area (TPSA) is 52.6 Å². The highest BCUT2D eigenvalue weighted by atomic mass is 32.2. The predicted octanol–water partition coefficient (Wildman–Crippen LogP) is 2.37. The Morgan fingerprint density at radius 2 is 1.68 bits per heavy atom. The van der Waals surface area contributed by atoms with E-state index in [-0.39, 0.29) is 5.75 Å². The molecule has 0 fully saturated rings. The summed E-state index contributed by atoms with van der Waals surface area (Å²) in [6, 6.07) is 3.88. The van der Waals surface area contributed by atoms with Crippen LogP contribution >= 0.6 is 0 Å². The van der Waals surface area contributed by atoms with Crippen LogP contribution in [0.15, 0.2) is 24.3 Å². The highest BCUT2D eigenvalue weighted by Crippen LogP contribution is 2.25. The maximum atomic E-state index is 13.0. The zero-order chi connectivity index (χ0) is 14.7. The summed E-state index contributed by atoms with van der Waals surface area (Å²) < 4.78 is 89.7. The van der Waals surface area contributed by atoms with E-state index < -0.39 is 34.4 Å². The van der Waals surface area contributed by atoms with Crippen molar-refractivity contribution in [1.82, 2.24) is 0 Å². The lowest BCUT2D eigenvalue weighted by molar-refractivity contribution is -0.0597. The van der Waals surface area contributed by atoms with E-state index in [0.717, 1.165) is 24.3 Å². The van der Waals surface area contributed by atoms with Gasteiger partial charge in [0.05, 0.1) is 0 Å². The van der Waals surface area contributed by atoms with Crippen LogP contribution in [-0.4, -0.2) is 26.9 Å². The highest BCUT2D eigenvalue weighted by Gasteiger charge is 2.47. The molecule has 1 rings (SSSR count). The average Bonchev–Trinajstić information content (AvgIpc) is 2.28. The molecule has 0 bridgehead atoms. The van der Waals surface area contributed by atoms with E-state index in [1.54, 1.807) is 0 Å². The lowest BCUT2D eigenvalue weighted by atomic mass is 10.3. The van der Waals surface area contributed by atoms with Gasteiger partial charge in [0.1, 0.15) is 18.2 Å². The smallest absolute Gasteiger partial charge is 0.458 e. The molecular formula is C9H7F5O4S. The van der Waals surface area contributed by atoms with E-state index in [4.69, 9.17) is 0 Å². The van der Waals surface area contributed by atoms with Crippen molar-refractivity contribution in [2.24, 2.45) is 0 Å². The number of rotatable bonds is 5. The van der Waals surface area contributed by atoms with Crippen LogP contribution in [0.1, 0.15) is 0 Å². The number of benzene rings is 1. The minimum absolute atomic E-state index is 0.193. The Bertz CT molecular complexity index is 510. The molecule has 19 heavy (non-hydrogen) atoms. The van der Waals surface area contributed by atoms with Crippen molar-refractivity contribution in [3.8, 4) is 5.75 Å². The number of hydrogen-bond acceptors (Lipinski definition) is 4. The van der Waals surface area contributed by atoms with Gasteiger partial charge in [-0.3, -0.25) is 4.18 Å². The molecule has 4 nitrogen and oxygen atoms in total. The number of hydrogen-bond donors (Lipinski definition) is 0. The van der Waals surface area contributed by atoms with Gasteiger partial charge in [0.25, 0.3) is 6.36 Å². The van der Waals surface area contributed by atoms with E-state index in [0.29, 0.717) is 0 Å². The Morgan fingerprint density at radius 3 is 2.16 bits per heavy atom. The molecular weight excluding hydrogens is 299 g/mol. The zero-order valence-corrected chi connectivity index (χ0v) is 9.84. The molecule has 1 atom stereocenters. The molecule has 0 spiro atoms. The monoisotopic (exact) mass is 306 g/mol. The molecule has 0 aliphatic carbocycles. The zero-order valence-electron chi connectivity index (χ0n) is 9.02. The van der Waals surface area contributed by atoms with Crippen LogP contribution in [-0.2, 0) is 14.3 Å². The minimum Gasteiger partial charge on any atom is -0.458 e. The molecule has 0 amide bonds. The molecule has 0 saturated carbocycles. The van der Waals surface area contributed by atoms with Gasteiger partial charge in [-0.15, -0.1) is 0 Å². The normalized spacial score (nSPS) is 14.2. The van der Waals surface area contributed by atoms with Gasteiger partial charge in [-0.05, 0) is 24.3 Å². The van der Waals surface area contributed by atoms with Crippen molar-refractivity contribution < 1.29 is 39.3 Å². The molecule has 10 heteroatoms. The fourth-order valence-electron chi connectivity index (χ4n) is 0.905. The molecule has 0 aliphatic rings. The molecule has 0 N–H and O–H groups in total. The van der Waals surface area contributed by atoms with Crippen molar-refractivity contribution >= 4 is 10.1 Å². The Kier molecular flexibility index (Phi) is 4.69. The molecule has 0 radical (unpaired) electrons. The number of halogens is 5. The third-order valence-corrected chi connectivity index (χ3v) is 2.73. The summed E-state index contributed by atoms with van der Waals surface area (Å²) in [5.41, 5.74) is -5.64. The van der Waals surface area contributed by atoms with Crippen LogP contribution in [0.5, 0.6) is 5.75 Å². The summed E-state index contributed by atoms with van der Waals surface area (Å²) in [5.74, 6) is -0.819. The first-order valence-electron chi connectivity index (χ1n) is 4.64. The van der Waals surface area contributed by atoms with Crippen molar-refractivity contribution in [3.05, 3.63) is 30.1 Å². The standard InChI is InChI=1S/C9H7F5O4S/c10-6-1-3-7(4-2-6)18-8(11)5-17-19(15,16)9(12,13)14/h1-4,8H,5H2. The molecule has 0 saturated heterocycles. The van der Waals surface area contributed by atoms with E-state index in [2.05, 4.69) is 8.92 Å². The highest BCUT2D eigenvalue weighted by molar-refractivity contribution is 7.87. The van der Waals surface area contributed by atoms with Crippen LogP contribution in [0.3, 0.4) is 0 Å². The third kappa shape index (κ3) is 4.63. The number of alkyl halides is 4. The Hall–Kier alpha value is -1.42. The van der Waals surface area contributed by atoms with Gasteiger partial charge in [0, 0.05) is 0 Å². The van der Waals surface area contributed by atoms with Crippen LogP contribution < -0.4 is 4.74 Å². The van der Waals surface area contributed by atoms with E-state index in [1.807, 2.05) is 0 Å². The maximum Gasteiger partial charge on any atom is 0.523 e. The fourth-order valence-corrected chi connectivity index (χ4v) is 1.32. The average molecular weight is 306 g/mol. The van der Waals surface area contributed by atoms with Gasteiger partial charge in [-0.25, -0.2) is 4.39 Å². The fraction of sp³-hybridized carbons (Fsp3) is 0.333. The molecule has 1 aromatic rings. The van der Waals surface area contributed by atoms with Crippen LogP contribution in [0.4, 0.5) is 22.0 Å². The Morgan fingerprint density at radius 1 is 1.16 bits per heavy atom. The summed E-state index contributed by atoms with van der Waals surface area (Å²) in [6.45, 7) is -1.47. The van der Waals surface area contributed by atoms with Gasteiger partial charge in [-0.2, -0.15) is 26.0 Å². The molecule has 0 aliphatic heterocycles. The first-order chi connectivity index (χ1) is 8.62. The van der Waals surface area contributed by atoms with Crippen molar-refractivity contribution in [2.75, 3.05) is 6.61 Å². The van der Waals surface area contributed by atoms with E-state index in [1.165, 1.54) is 0 Å². The van der Waals surface area contributed by atoms with Crippen LogP contribution in [0.2, 0.25) is 0 Å². The molecule has 1 aromatic carbocycles. The van der Waals surface area contributed by atoms with E-state index in [9.17, 15) is 30.4 Å². The summed E-state index contributed by atoms with van der Waals surface area (Å²) in [5, 5.41) is 0. The van der Waals surface area contributed by atoms with Crippen molar-refractivity contribution in [3.63, 3.8) is 0 Å². The first kappa shape index (κ1) is 15.6. The largest absolute Gasteiger partial charge is 0.523 e. The molecule has 0 aromatic heterocycles. The van der Waals surface area contributed by atoms with Gasteiger partial charge in [0.15, 0.2) is 0 Å². The second-order valence-electron chi connectivity index (χ2n) is 3.17. The van der Waals surface area contributed by atoms with Gasteiger partial charge in [-0.1, -0.05) is 0 Å². The summed E-state index contributed by atoms with van der Waals surface area (Å²) in [7, 11) is -5.87. The number of ether oxygens (including phenoxy) is 1. The van der Waals surface area contributed by atoms with Crippen LogP contribution in [0.25, 0.3) is 0 Å². The second-order valence-corrected chi connectivity index (χ2v) is 4.77. The lowest BCUT2D eigenvalue weighted by Gasteiger charge is -2.12.